The van der Waals surface area contributed by atoms with E-state index in [-0.39, 0.29) is 36.6 Å². The summed E-state index contributed by atoms with van der Waals surface area (Å²) >= 11 is 0. The molecule has 3 atom stereocenters. The third-order valence-corrected chi connectivity index (χ3v) is 5.10. The van der Waals surface area contributed by atoms with E-state index in [0.717, 1.165) is 10.5 Å². The molecule has 0 saturated carbocycles. The summed E-state index contributed by atoms with van der Waals surface area (Å²) in [5.41, 5.74) is 1.62. The molecule has 2 aliphatic rings. The minimum atomic E-state index is -0.982. The van der Waals surface area contributed by atoms with Gasteiger partial charge in [0.15, 0.2) is 6.10 Å². The second kappa shape index (κ2) is 8.37. The Morgan fingerprint density at radius 3 is 2.43 bits per heavy atom. The van der Waals surface area contributed by atoms with Crippen LogP contribution in [0.5, 0.6) is 0 Å². The van der Waals surface area contributed by atoms with Gasteiger partial charge in [-0.25, -0.2) is 0 Å². The Morgan fingerprint density at radius 1 is 1.18 bits per heavy atom. The van der Waals surface area contributed by atoms with Crippen LogP contribution in [0.2, 0.25) is 0 Å². The van der Waals surface area contributed by atoms with Crippen molar-refractivity contribution >= 4 is 29.4 Å². The van der Waals surface area contributed by atoms with E-state index in [1.165, 1.54) is 6.92 Å². The van der Waals surface area contributed by atoms with Gasteiger partial charge in [-0.1, -0.05) is 24.3 Å². The SMILES string of the molecule is Cc1cccc(NC(=O)[C@@H](C)OC(=O)CCN2C(=O)[C@H]3CC=CC[C@H]3C2=O)c1. The zero-order valence-corrected chi connectivity index (χ0v) is 16.0. The van der Waals surface area contributed by atoms with Crippen molar-refractivity contribution in [3.05, 3.63) is 42.0 Å². The molecular weight excluding hydrogens is 360 g/mol. The summed E-state index contributed by atoms with van der Waals surface area (Å²) in [6.07, 6.45) is 3.84. The summed E-state index contributed by atoms with van der Waals surface area (Å²) in [6.45, 7) is 3.37. The van der Waals surface area contributed by atoms with Gasteiger partial charge in [-0.05, 0) is 44.4 Å². The highest BCUT2D eigenvalue weighted by atomic mass is 16.5. The first kappa shape index (κ1) is 19.8. The number of benzene rings is 1. The van der Waals surface area contributed by atoms with Crippen molar-refractivity contribution < 1.29 is 23.9 Å². The number of esters is 1. The van der Waals surface area contributed by atoms with E-state index in [1.54, 1.807) is 6.07 Å². The highest BCUT2D eigenvalue weighted by Gasteiger charge is 2.47. The molecule has 0 bridgehead atoms. The van der Waals surface area contributed by atoms with Crippen molar-refractivity contribution in [3.63, 3.8) is 0 Å². The molecule has 0 aromatic heterocycles. The van der Waals surface area contributed by atoms with Gasteiger partial charge in [0.1, 0.15) is 0 Å². The van der Waals surface area contributed by atoms with Crippen LogP contribution in [0.1, 0.15) is 31.7 Å². The van der Waals surface area contributed by atoms with E-state index >= 15 is 0 Å². The molecule has 1 aliphatic heterocycles. The van der Waals surface area contributed by atoms with Crippen LogP contribution in [0.15, 0.2) is 36.4 Å². The Hall–Kier alpha value is -2.96. The fraction of sp³-hybridized carbons (Fsp3) is 0.429. The first-order chi connectivity index (χ1) is 13.4. The zero-order valence-electron chi connectivity index (χ0n) is 16.0. The second-order valence-corrected chi connectivity index (χ2v) is 7.22. The minimum absolute atomic E-state index is 0.0181. The van der Waals surface area contributed by atoms with E-state index in [2.05, 4.69) is 5.32 Å². The number of anilines is 1. The quantitative estimate of drug-likeness (QED) is 0.461. The fourth-order valence-electron chi connectivity index (χ4n) is 3.57. The Balaban J connectivity index is 1.48. The summed E-state index contributed by atoms with van der Waals surface area (Å²) < 4.78 is 5.15. The highest BCUT2D eigenvalue weighted by molar-refractivity contribution is 6.05. The highest BCUT2D eigenvalue weighted by Crippen LogP contribution is 2.35. The lowest BCUT2D eigenvalue weighted by atomic mass is 9.85. The molecule has 1 fully saturated rings. The van der Waals surface area contributed by atoms with Crippen molar-refractivity contribution in [2.24, 2.45) is 11.8 Å². The van der Waals surface area contributed by atoms with E-state index in [9.17, 15) is 19.2 Å². The number of ether oxygens (including phenoxy) is 1. The van der Waals surface area contributed by atoms with Gasteiger partial charge in [-0.3, -0.25) is 24.1 Å². The number of likely N-dealkylation sites (tertiary alicyclic amines) is 1. The Kier molecular flexibility index (Phi) is 5.92. The molecule has 1 aromatic rings. The first-order valence-electron chi connectivity index (χ1n) is 9.44. The fourth-order valence-corrected chi connectivity index (χ4v) is 3.57. The van der Waals surface area contributed by atoms with Crippen LogP contribution in [0.4, 0.5) is 5.69 Å². The number of fused-ring (bicyclic) bond motifs is 1. The summed E-state index contributed by atoms with van der Waals surface area (Å²) in [5.74, 6) is -2.14. The van der Waals surface area contributed by atoms with Gasteiger partial charge in [-0.2, -0.15) is 0 Å². The lowest BCUT2D eigenvalue weighted by Gasteiger charge is -2.16. The van der Waals surface area contributed by atoms with E-state index in [4.69, 9.17) is 4.74 Å². The summed E-state index contributed by atoms with van der Waals surface area (Å²) in [4.78, 5) is 50.2. The molecule has 1 aliphatic carbocycles. The lowest BCUT2D eigenvalue weighted by molar-refractivity contribution is -0.154. The van der Waals surface area contributed by atoms with Gasteiger partial charge in [0, 0.05) is 12.2 Å². The van der Waals surface area contributed by atoms with Crippen molar-refractivity contribution in [3.8, 4) is 0 Å². The topological polar surface area (TPSA) is 92.8 Å². The average Bonchev–Trinajstić information content (AvgIpc) is 2.91. The molecule has 7 heteroatoms. The maximum absolute atomic E-state index is 12.4. The number of carbonyl (C=O) groups is 4. The van der Waals surface area contributed by atoms with Gasteiger partial charge >= 0.3 is 5.97 Å². The van der Waals surface area contributed by atoms with Crippen LogP contribution in [-0.2, 0) is 23.9 Å². The normalized spacial score (nSPS) is 22.0. The number of carbonyl (C=O) groups excluding carboxylic acids is 4. The smallest absolute Gasteiger partial charge is 0.308 e. The first-order valence-corrected chi connectivity index (χ1v) is 9.44. The average molecular weight is 384 g/mol. The van der Waals surface area contributed by atoms with Crippen LogP contribution in [0.25, 0.3) is 0 Å². The monoisotopic (exact) mass is 384 g/mol. The molecule has 148 valence electrons. The van der Waals surface area contributed by atoms with Gasteiger partial charge in [0.05, 0.1) is 18.3 Å². The third-order valence-electron chi connectivity index (χ3n) is 5.10. The van der Waals surface area contributed by atoms with Crippen LogP contribution in [0, 0.1) is 18.8 Å². The number of allylic oxidation sites excluding steroid dienone is 2. The van der Waals surface area contributed by atoms with Crippen molar-refractivity contribution in [2.75, 3.05) is 11.9 Å². The molecule has 1 heterocycles. The Morgan fingerprint density at radius 2 is 1.82 bits per heavy atom. The number of hydrogen-bond donors (Lipinski definition) is 1. The van der Waals surface area contributed by atoms with Gasteiger partial charge in [0.2, 0.25) is 11.8 Å². The predicted molar refractivity (Wildman–Crippen MR) is 102 cm³/mol. The van der Waals surface area contributed by atoms with Gasteiger partial charge in [0.25, 0.3) is 5.91 Å². The number of imide groups is 1. The maximum atomic E-state index is 12.4. The Labute approximate surface area is 163 Å². The standard InChI is InChI=1S/C21H24N2O5/c1-13-6-5-7-15(12-13)22-19(25)14(2)28-18(24)10-11-23-20(26)16-8-3-4-9-17(16)21(23)27/h3-7,12,14,16-17H,8-11H2,1-2H3,(H,22,25)/t14-,16-,17+/m1/s1. The van der Waals surface area contributed by atoms with Crippen LogP contribution < -0.4 is 5.32 Å². The molecular formula is C21H24N2O5. The van der Waals surface area contributed by atoms with E-state index in [1.807, 2.05) is 37.3 Å². The second-order valence-electron chi connectivity index (χ2n) is 7.22. The summed E-state index contributed by atoms with van der Waals surface area (Å²) in [5, 5.41) is 2.69. The van der Waals surface area contributed by atoms with Gasteiger partial charge in [-0.15, -0.1) is 0 Å². The maximum Gasteiger partial charge on any atom is 0.308 e. The third kappa shape index (κ3) is 4.30. The molecule has 3 rings (SSSR count). The summed E-state index contributed by atoms with van der Waals surface area (Å²) in [6, 6.07) is 7.29. The molecule has 7 nitrogen and oxygen atoms in total. The largest absolute Gasteiger partial charge is 0.452 e. The van der Waals surface area contributed by atoms with Crippen LogP contribution >= 0.6 is 0 Å². The lowest BCUT2D eigenvalue weighted by Crippen LogP contribution is -2.35. The number of nitrogens with one attached hydrogen (secondary N) is 1. The molecule has 3 amide bonds. The van der Waals surface area contributed by atoms with Crippen molar-refractivity contribution in [2.45, 2.75) is 39.2 Å². The number of rotatable bonds is 6. The number of amides is 3. The zero-order chi connectivity index (χ0) is 20.3. The van der Waals surface area contributed by atoms with Crippen LogP contribution in [-0.4, -0.2) is 41.2 Å². The Bertz CT molecular complexity index is 806. The van der Waals surface area contributed by atoms with Gasteiger partial charge < -0.3 is 10.1 Å². The number of aryl methyl sites for hydroxylation is 1. The van der Waals surface area contributed by atoms with E-state index in [0.29, 0.717) is 18.5 Å². The summed E-state index contributed by atoms with van der Waals surface area (Å²) in [7, 11) is 0. The van der Waals surface area contributed by atoms with Crippen LogP contribution in [0.3, 0.4) is 0 Å². The molecule has 0 radical (unpaired) electrons. The van der Waals surface area contributed by atoms with E-state index < -0.39 is 18.0 Å². The minimum Gasteiger partial charge on any atom is -0.452 e. The number of nitrogens with zero attached hydrogens (tertiary/aromatic N) is 1. The van der Waals surface area contributed by atoms with Crippen molar-refractivity contribution in [1.29, 1.82) is 0 Å². The molecule has 1 aromatic carbocycles. The molecule has 0 unspecified atom stereocenters. The predicted octanol–water partition coefficient (Wildman–Crippen LogP) is 2.21. The molecule has 0 spiro atoms. The van der Waals surface area contributed by atoms with Crippen molar-refractivity contribution in [1.82, 2.24) is 4.90 Å². The molecule has 1 N–H and O–H groups in total. The molecule has 1 saturated heterocycles. The number of hydrogen-bond acceptors (Lipinski definition) is 5. The molecule has 28 heavy (non-hydrogen) atoms.